The highest BCUT2D eigenvalue weighted by Gasteiger charge is 2.28. The maximum Gasteiger partial charge on any atom is 0.253 e. The van der Waals surface area contributed by atoms with Crippen molar-refractivity contribution >= 4 is 29.2 Å². The molecule has 1 aliphatic heterocycles. The SMILES string of the molecule is COc1cc(C(=O)N2CCC(C(=O)Nc3ccc(Cl)cn3)CC2)ccc1OCCC(C)C. The molecular weight excluding hydrogens is 430 g/mol. The number of nitrogens with one attached hydrogen (secondary N) is 1. The summed E-state index contributed by atoms with van der Waals surface area (Å²) in [6, 6.07) is 8.62. The van der Waals surface area contributed by atoms with Crippen LogP contribution in [0.25, 0.3) is 0 Å². The number of piperidine rings is 1. The molecule has 172 valence electrons. The zero-order chi connectivity index (χ0) is 23.1. The highest BCUT2D eigenvalue weighted by Crippen LogP contribution is 2.30. The second-order valence-corrected chi connectivity index (χ2v) is 8.75. The number of benzene rings is 1. The van der Waals surface area contributed by atoms with E-state index in [1.54, 1.807) is 42.3 Å². The molecule has 1 aromatic carbocycles. The van der Waals surface area contributed by atoms with Gasteiger partial charge in [-0.3, -0.25) is 9.59 Å². The van der Waals surface area contributed by atoms with Gasteiger partial charge in [0.05, 0.1) is 18.7 Å². The number of rotatable bonds is 8. The number of hydrogen-bond donors (Lipinski definition) is 1. The van der Waals surface area contributed by atoms with Gasteiger partial charge in [-0.2, -0.15) is 0 Å². The molecular formula is C24H30ClN3O4. The molecule has 1 N–H and O–H groups in total. The molecule has 32 heavy (non-hydrogen) atoms. The number of aromatic nitrogens is 1. The summed E-state index contributed by atoms with van der Waals surface area (Å²) in [7, 11) is 1.57. The van der Waals surface area contributed by atoms with Crippen LogP contribution in [0.4, 0.5) is 5.82 Å². The molecule has 1 aromatic heterocycles. The highest BCUT2D eigenvalue weighted by molar-refractivity contribution is 6.30. The van der Waals surface area contributed by atoms with Crippen LogP contribution in [0.1, 0.15) is 43.5 Å². The molecule has 1 saturated heterocycles. The summed E-state index contributed by atoms with van der Waals surface area (Å²) in [5.41, 5.74) is 0.548. The molecule has 0 radical (unpaired) electrons. The fourth-order valence-corrected chi connectivity index (χ4v) is 3.64. The summed E-state index contributed by atoms with van der Waals surface area (Å²) in [5.74, 6) is 1.88. The molecule has 1 fully saturated rings. The first kappa shape index (κ1) is 23.9. The van der Waals surface area contributed by atoms with E-state index in [9.17, 15) is 9.59 Å². The molecule has 0 bridgehead atoms. The Morgan fingerprint density at radius 2 is 1.94 bits per heavy atom. The Bertz CT molecular complexity index is 925. The van der Waals surface area contributed by atoms with Crippen LogP contribution in [0.5, 0.6) is 11.5 Å². The number of carbonyl (C=O) groups is 2. The molecule has 0 unspecified atom stereocenters. The first-order chi connectivity index (χ1) is 15.4. The molecule has 7 nitrogen and oxygen atoms in total. The van der Waals surface area contributed by atoms with Gasteiger partial charge in [-0.25, -0.2) is 4.98 Å². The van der Waals surface area contributed by atoms with Crippen molar-refractivity contribution < 1.29 is 19.1 Å². The molecule has 2 heterocycles. The molecule has 1 aliphatic rings. The number of pyridine rings is 1. The number of methoxy groups -OCH3 is 1. The molecule has 0 spiro atoms. The summed E-state index contributed by atoms with van der Waals surface area (Å²) in [6.45, 7) is 5.91. The molecule has 0 atom stereocenters. The number of halogens is 1. The number of likely N-dealkylation sites (tertiary alicyclic amines) is 1. The molecule has 8 heteroatoms. The summed E-state index contributed by atoms with van der Waals surface area (Å²) in [6.07, 6.45) is 3.63. The van der Waals surface area contributed by atoms with E-state index in [4.69, 9.17) is 21.1 Å². The smallest absolute Gasteiger partial charge is 0.253 e. The van der Waals surface area contributed by atoms with Crippen LogP contribution in [0, 0.1) is 11.8 Å². The third-order valence-corrected chi connectivity index (χ3v) is 5.72. The monoisotopic (exact) mass is 459 g/mol. The van der Waals surface area contributed by atoms with Crippen molar-refractivity contribution in [3.63, 3.8) is 0 Å². The maximum atomic E-state index is 13.0. The van der Waals surface area contributed by atoms with Gasteiger partial charge in [0.25, 0.3) is 5.91 Å². The van der Waals surface area contributed by atoms with E-state index in [0.29, 0.717) is 66.4 Å². The van der Waals surface area contributed by atoms with Gasteiger partial charge in [0, 0.05) is 30.8 Å². The van der Waals surface area contributed by atoms with E-state index in [-0.39, 0.29) is 17.7 Å². The summed E-state index contributed by atoms with van der Waals surface area (Å²) in [4.78, 5) is 31.4. The number of anilines is 1. The van der Waals surface area contributed by atoms with Gasteiger partial charge in [0.2, 0.25) is 5.91 Å². The zero-order valence-electron chi connectivity index (χ0n) is 18.8. The average Bonchev–Trinajstić information content (AvgIpc) is 2.80. The summed E-state index contributed by atoms with van der Waals surface area (Å²) < 4.78 is 11.2. The van der Waals surface area contributed by atoms with E-state index in [1.807, 2.05) is 0 Å². The van der Waals surface area contributed by atoms with Gasteiger partial charge in [-0.1, -0.05) is 25.4 Å². The third-order valence-electron chi connectivity index (χ3n) is 5.49. The molecule has 2 aromatic rings. The Hall–Kier alpha value is -2.80. The predicted octanol–water partition coefficient (Wildman–Crippen LogP) is 4.66. The topological polar surface area (TPSA) is 80.8 Å². The van der Waals surface area contributed by atoms with E-state index >= 15 is 0 Å². The van der Waals surface area contributed by atoms with Gasteiger partial charge >= 0.3 is 0 Å². The first-order valence-electron chi connectivity index (χ1n) is 10.9. The van der Waals surface area contributed by atoms with Crippen molar-refractivity contribution in [2.24, 2.45) is 11.8 Å². The van der Waals surface area contributed by atoms with Crippen molar-refractivity contribution in [3.8, 4) is 11.5 Å². The minimum absolute atomic E-state index is 0.0738. The Balaban J connectivity index is 1.55. The van der Waals surface area contributed by atoms with Gasteiger partial charge in [-0.05, 0) is 55.5 Å². The molecule has 0 aliphatic carbocycles. The van der Waals surface area contributed by atoms with Gasteiger partial charge in [0.1, 0.15) is 5.82 Å². The number of carbonyl (C=O) groups excluding carboxylic acids is 2. The summed E-state index contributed by atoms with van der Waals surface area (Å²) >= 11 is 5.83. The number of nitrogens with zero attached hydrogens (tertiary/aromatic N) is 2. The lowest BCUT2D eigenvalue weighted by atomic mass is 9.95. The van der Waals surface area contributed by atoms with Crippen molar-refractivity contribution in [1.29, 1.82) is 0 Å². The van der Waals surface area contributed by atoms with E-state index in [1.165, 1.54) is 6.20 Å². The number of hydrogen-bond acceptors (Lipinski definition) is 5. The largest absolute Gasteiger partial charge is 0.493 e. The van der Waals surface area contributed by atoms with Crippen LogP contribution >= 0.6 is 11.6 Å². The lowest BCUT2D eigenvalue weighted by Crippen LogP contribution is -2.41. The van der Waals surface area contributed by atoms with Crippen molar-refractivity contribution in [2.45, 2.75) is 33.1 Å². The minimum atomic E-state index is -0.164. The fourth-order valence-electron chi connectivity index (χ4n) is 3.53. The van der Waals surface area contributed by atoms with Crippen molar-refractivity contribution in [3.05, 3.63) is 47.1 Å². The fraction of sp³-hybridized carbons (Fsp3) is 0.458. The lowest BCUT2D eigenvalue weighted by molar-refractivity contribution is -0.121. The van der Waals surface area contributed by atoms with Crippen molar-refractivity contribution in [1.82, 2.24) is 9.88 Å². The van der Waals surface area contributed by atoms with Crippen LogP contribution in [-0.2, 0) is 4.79 Å². The highest BCUT2D eigenvalue weighted by atomic mass is 35.5. The quantitative estimate of drug-likeness (QED) is 0.621. The predicted molar refractivity (Wildman–Crippen MR) is 124 cm³/mol. The van der Waals surface area contributed by atoms with Crippen LogP contribution in [0.3, 0.4) is 0 Å². The van der Waals surface area contributed by atoms with Crippen LogP contribution in [0.2, 0.25) is 5.02 Å². The van der Waals surface area contributed by atoms with E-state index in [2.05, 4.69) is 24.1 Å². The first-order valence-corrected chi connectivity index (χ1v) is 11.3. The standard InChI is InChI=1S/C24H30ClN3O4/c1-16(2)10-13-32-20-6-4-18(14-21(20)31-3)24(30)28-11-8-17(9-12-28)23(29)27-22-7-5-19(25)15-26-22/h4-7,14-17H,8-13H2,1-3H3,(H,26,27,29). The van der Waals surface area contributed by atoms with E-state index < -0.39 is 0 Å². The Morgan fingerprint density at radius 1 is 1.19 bits per heavy atom. The van der Waals surface area contributed by atoms with Gasteiger partial charge in [-0.15, -0.1) is 0 Å². The number of ether oxygens (including phenoxy) is 2. The zero-order valence-corrected chi connectivity index (χ0v) is 19.5. The van der Waals surface area contributed by atoms with E-state index in [0.717, 1.165) is 6.42 Å². The second kappa shape index (κ2) is 11.2. The average molecular weight is 460 g/mol. The third kappa shape index (κ3) is 6.36. The lowest BCUT2D eigenvalue weighted by Gasteiger charge is -2.31. The van der Waals surface area contributed by atoms with Crippen LogP contribution < -0.4 is 14.8 Å². The minimum Gasteiger partial charge on any atom is -0.493 e. The van der Waals surface area contributed by atoms with Crippen LogP contribution in [-0.4, -0.2) is 48.5 Å². The summed E-state index contributed by atoms with van der Waals surface area (Å²) in [5, 5.41) is 3.33. The molecule has 3 rings (SSSR count). The molecule has 0 saturated carbocycles. The Labute approximate surface area is 194 Å². The normalized spacial score (nSPS) is 14.3. The molecule has 2 amide bonds. The van der Waals surface area contributed by atoms with Gasteiger partial charge in [0.15, 0.2) is 11.5 Å². The van der Waals surface area contributed by atoms with Crippen molar-refractivity contribution in [2.75, 3.05) is 32.1 Å². The Kier molecular flexibility index (Phi) is 8.33. The maximum absolute atomic E-state index is 13.0. The Morgan fingerprint density at radius 3 is 2.56 bits per heavy atom. The van der Waals surface area contributed by atoms with Crippen LogP contribution in [0.15, 0.2) is 36.5 Å². The van der Waals surface area contributed by atoms with Gasteiger partial charge < -0.3 is 19.7 Å². The second-order valence-electron chi connectivity index (χ2n) is 8.31. The number of amides is 2.